The highest BCUT2D eigenvalue weighted by molar-refractivity contribution is 7.99. The van der Waals surface area contributed by atoms with Crippen LogP contribution in [0.15, 0.2) is 24.5 Å². The number of nitrogens with zero attached hydrogens (tertiary/aromatic N) is 3. The average molecular weight is 475 g/mol. The predicted molar refractivity (Wildman–Crippen MR) is 116 cm³/mol. The second-order valence-electron chi connectivity index (χ2n) is 7.68. The number of piperidine rings is 1. The normalized spacial score (nSPS) is 15.8. The van der Waals surface area contributed by atoms with Gasteiger partial charge in [-0.15, -0.1) is 0 Å². The molecule has 0 bridgehead atoms. The number of ketones is 1. The Balaban J connectivity index is 2.01. The molecule has 1 aliphatic rings. The van der Waals surface area contributed by atoms with Crippen LogP contribution in [0.4, 0.5) is 13.2 Å². The Morgan fingerprint density at radius 2 is 1.94 bits per heavy atom. The quantitative estimate of drug-likeness (QED) is 0.468. The van der Waals surface area contributed by atoms with Gasteiger partial charge < -0.3 is 15.5 Å². The molecule has 0 saturated carbocycles. The van der Waals surface area contributed by atoms with Crippen LogP contribution in [0.1, 0.15) is 42.5 Å². The number of primary amides is 1. The van der Waals surface area contributed by atoms with Crippen molar-refractivity contribution in [1.82, 2.24) is 14.8 Å². The number of nitrogens with two attached hydrogens (primary N) is 1. The first-order valence-corrected chi connectivity index (χ1v) is 11.8. The highest BCUT2D eigenvalue weighted by Crippen LogP contribution is 2.20. The minimum Gasteiger partial charge on any atom is -0.368 e. The third-order valence-electron chi connectivity index (χ3n) is 5.30. The van der Waals surface area contributed by atoms with E-state index in [1.165, 1.54) is 17.5 Å². The molecule has 0 aromatic carbocycles. The Morgan fingerprint density at radius 3 is 2.53 bits per heavy atom. The van der Waals surface area contributed by atoms with E-state index in [9.17, 15) is 27.6 Å². The van der Waals surface area contributed by atoms with E-state index in [1.807, 2.05) is 0 Å². The molecule has 7 nitrogen and oxygen atoms in total. The van der Waals surface area contributed by atoms with Crippen molar-refractivity contribution < 1.29 is 27.6 Å². The summed E-state index contributed by atoms with van der Waals surface area (Å²) in [5, 5.41) is 0. The number of alkyl halides is 3. The molecule has 0 radical (unpaired) electrons. The Morgan fingerprint density at radius 1 is 1.22 bits per heavy atom. The molecule has 2 N–H and O–H groups in total. The summed E-state index contributed by atoms with van der Waals surface area (Å²) in [6.45, 7) is 2.77. The Kier molecular flexibility index (Phi) is 10.4. The molecule has 1 fully saturated rings. The highest BCUT2D eigenvalue weighted by Gasteiger charge is 2.37. The fourth-order valence-corrected chi connectivity index (χ4v) is 4.43. The van der Waals surface area contributed by atoms with Gasteiger partial charge in [0.15, 0.2) is 0 Å². The minimum absolute atomic E-state index is 0.203. The number of thioether (sulfide) groups is 1. The molecule has 11 heteroatoms. The number of rotatable bonds is 12. The van der Waals surface area contributed by atoms with Crippen molar-refractivity contribution in [2.75, 3.05) is 37.7 Å². The van der Waals surface area contributed by atoms with Gasteiger partial charge in [0, 0.05) is 25.5 Å². The monoisotopic (exact) mass is 474 g/mol. The van der Waals surface area contributed by atoms with Gasteiger partial charge in [0.25, 0.3) is 5.91 Å². The molecule has 32 heavy (non-hydrogen) atoms. The fraction of sp³-hybridized carbons (Fsp3) is 0.619. The van der Waals surface area contributed by atoms with E-state index < -0.39 is 29.7 Å². The van der Waals surface area contributed by atoms with Gasteiger partial charge >= 0.3 is 6.18 Å². The number of hydrogen-bond donors (Lipinski definition) is 1. The maximum Gasteiger partial charge on any atom is 0.450 e. The third-order valence-corrected chi connectivity index (χ3v) is 6.34. The topological polar surface area (TPSA) is 96.6 Å². The van der Waals surface area contributed by atoms with Gasteiger partial charge in [0.05, 0.1) is 11.3 Å². The number of hydrogen-bond acceptors (Lipinski definition) is 6. The summed E-state index contributed by atoms with van der Waals surface area (Å²) in [4.78, 5) is 44.0. The molecule has 0 unspecified atom stereocenters. The van der Waals surface area contributed by atoms with Gasteiger partial charge in [-0.2, -0.15) is 24.9 Å². The van der Waals surface area contributed by atoms with Crippen molar-refractivity contribution in [3.8, 4) is 0 Å². The summed E-state index contributed by atoms with van der Waals surface area (Å²) < 4.78 is 36.9. The van der Waals surface area contributed by atoms with Crippen molar-refractivity contribution in [3.05, 3.63) is 30.1 Å². The van der Waals surface area contributed by atoms with Gasteiger partial charge in [-0.1, -0.05) is 6.42 Å². The van der Waals surface area contributed by atoms with Crippen LogP contribution in [0.5, 0.6) is 0 Å². The summed E-state index contributed by atoms with van der Waals surface area (Å²) in [5.74, 6) is -3.25. The first-order valence-electron chi connectivity index (χ1n) is 10.6. The van der Waals surface area contributed by atoms with Crippen LogP contribution in [0, 0.1) is 0 Å². The molecule has 0 aliphatic carbocycles. The molecule has 1 aromatic rings. The maximum atomic E-state index is 13.1. The van der Waals surface area contributed by atoms with Gasteiger partial charge in [-0.3, -0.25) is 19.4 Å². The number of amides is 2. The van der Waals surface area contributed by atoms with E-state index in [2.05, 4.69) is 9.88 Å². The number of carbonyl (C=O) groups is 3. The lowest BCUT2D eigenvalue weighted by Gasteiger charge is -2.33. The summed E-state index contributed by atoms with van der Waals surface area (Å²) >= 11 is 0.851. The van der Waals surface area contributed by atoms with Crippen molar-refractivity contribution >= 4 is 29.4 Å². The lowest BCUT2D eigenvalue weighted by molar-refractivity contribution is -0.167. The van der Waals surface area contributed by atoms with E-state index >= 15 is 0 Å². The Bertz CT molecular complexity index is 758. The number of halogens is 3. The molecule has 1 aliphatic heterocycles. The summed E-state index contributed by atoms with van der Waals surface area (Å²) in [5.41, 5.74) is 5.95. The molecular formula is C21H29F3N4O3S. The van der Waals surface area contributed by atoms with E-state index in [-0.39, 0.29) is 18.1 Å². The predicted octanol–water partition coefficient (Wildman–Crippen LogP) is 2.51. The highest BCUT2D eigenvalue weighted by atomic mass is 32.2. The number of aromatic nitrogens is 1. The number of likely N-dealkylation sites (tertiary alicyclic amines) is 1. The molecule has 0 spiro atoms. The maximum absolute atomic E-state index is 13.1. The van der Waals surface area contributed by atoms with Crippen molar-refractivity contribution in [1.29, 1.82) is 0 Å². The minimum atomic E-state index is -4.84. The zero-order valence-corrected chi connectivity index (χ0v) is 18.7. The number of pyridine rings is 1. The first-order chi connectivity index (χ1) is 15.2. The zero-order valence-electron chi connectivity index (χ0n) is 17.9. The van der Waals surface area contributed by atoms with Gasteiger partial charge in [0.1, 0.15) is 6.04 Å². The van der Waals surface area contributed by atoms with E-state index in [0.29, 0.717) is 25.1 Å². The van der Waals surface area contributed by atoms with Crippen LogP contribution in [-0.2, 0) is 9.59 Å². The molecule has 2 rings (SSSR count). The van der Waals surface area contributed by atoms with E-state index in [0.717, 1.165) is 37.7 Å². The van der Waals surface area contributed by atoms with Crippen LogP contribution in [0.2, 0.25) is 0 Å². The van der Waals surface area contributed by atoms with E-state index in [4.69, 9.17) is 5.73 Å². The molecule has 1 aromatic heterocycles. The van der Waals surface area contributed by atoms with Gasteiger partial charge in [-0.25, -0.2) is 0 Å². The van der Waals surface area contributed by atoms with Crippen LogP contribution in [0.3, 0.4) is 0 Å². The molecule has 2 amide bonds. The van der Waals surface area contributed by atoms with Gasteiger partial charge in [0.2, 0.25) is 11.7 Å². The number of carbonyl (C=O) groups excluding carboxylic acids is 3. The van der Waals surface area contributed by atoms with Crippen LogP contribution in [0.25, 0.3) is 0 Å². The third kappa shape index (κ3) is 8.42. The second-order valence-corrected chi connectivity index (χ2v) is 8.78. The average Bonchev–Trinajstić information content (AvgIpc) is 2.77. The molecule has 2 heterocycles. The second kappa shape index (κ2) is 12.8. The molecule has 1 atom stereocenters. The lowest BCUT2D eigenvalue weighted by Crippen LogP contribution is -2.51. The van der Waals surface area contributed by atoms with E-state index in [1.54, 1.807) is 18.3 Å². The largest absolute Gasteiger partial charge is 0.450 e. The first kappa shape index (κ1) is 26.1. The van der Waals surface area contributed by atoms with Crippen molar-refractivity contribution in [2.24, 2.45) is 5.73 Å². The fourth-order valence-electron chi connectivity index (χ4n) is 3.56. The molecular weight excluding hydrogens is 445 g/mol. The summed E-state index contributed by atoms with van der Waals surface area (Å²) in [7, 11) is 0. The van der Waals surface area contributed by atoms with Crippen molar-refractivity contribution in [2.45, 2.75) is 44.3 Å². The van der Waals surface area contributed by atoms with Crippen LogP contribution in [-0.4, -0.2) is 82.3 Å². The summed E-state index contributed by atoms with van der Waals surface area (Å²) in [6.07, 6.45) is 2.01. The Hall–Kier alpha value is -2.14. The van der Waals surface area contributed by atoms with Crippen LogP contribution >= 0.6 is 11.8 Å². The van der Waals surface area contributed by atoms with Gasteiger partial charge in [-0.05, 0) is 56.7 Å². The zero-order chi connectivity index (χ0) is 23.6. The summed E-state index contributed by atoms with van der Waals surface area (Å²) in [6, 6.07) is 2.34. The number of Topliss-reactive ketones (excluding diaryl/α,β-unsaturated/α-hetero) is 1. The van der Waals surface area contributed by atoms with Crippen molar-refractivity contribution in [3.63, 3.8) is 0 Å². The lowest BCUT2D eigenvalue weighted by atomic mass is 10.1. The smallest absolute Gasteiger partial charge is 0.368 e. The Labute approximate surface area is 189 Å². The van der Waals surface area contributed by atoms with Crippen LogP contribution < -0.4 is 5.73 Å². The molecule has 178 valence electrons. The SMILES string of the molecule is NC(=O)[C@H](CCCSCC(=O)C(F)(F)F)N(CCN1CCCCC1)C(=O)c1cccnc1. The molecule has 1 saturated heterocycles. The standard InChI is InChI=1S/C21H29F3N4O3S/c22-21(23,24)18(29)15-32-13-5-7-17(19(25)30)28(12-11-27-9-2-1-3-10-27)20(31)16-6-4-8-26-14-16/h4,6,8,14,17H,1-3,5,7,9-13,15H2,(H2,25,30)/t17-/m0/s1.